The molecule has 0 radical (unpaired) electrons. The van der Waals surface area contributed by atoms with E-state index in [2.05, 4.69) is 26.0 Å². The summed E-state index contributed by atoms with van der Waals surface area (Å²) in [6, 6.07) is 0. The van der Waals surface area contributed by atoms with E-state index in [1.54, 1.807) is 0 Å². The van der Waals surface area contributed by atoms with Crippen molar-refractivity contribution >= 4 is 0 Å². The zero-order chi connectivity index (χ0) is 11.0. The molecule has 0 saturated heterocycles. The van der Waals surface area contributed by atoms with Crippen LogP contribution in [0.3, 0.4) is 0 Å². The molecule has 0 atom stereocenters. The Balaban J connectivity index is 4.53. The van der Waals surface area contributed by atoms with Crippen molar-refractivity contribution in [1.82, 2.24) is 0 Å². The fraction of sp³-hybridized carbons (Fsp3) is 0.385. The fourth-order valence-corrected chi connectivity index (χ4v) is 0.813. The van der Waals surface area contributed by atoms with Gasteiger partial charge in [0.15, 0.2) is 0 Å². The lowest BCUT2D eigenvalue weighted by Gasteiger charge is -1.99. The van der Waals surface area contributed by atoms with Crippen LogP contribution in [0, 0.1) is 0 Å². The Kier molecular flexibility index (Phi) is 6.55. The van der Waals surface area contributed by atoms with Crippen LogP contribution in [0.4, 0.5) is 0 Å². The van der Waals surface area contributed by atoms with Gasteiger partial charge in [-0.1, -0.05) is 36.8 Å². The third-order valence-electron chi connectivity index (χ3n) is 2.10. The van der Waals surface area contributed by atoms with Crippen LogP contribution in [-0.4, -0.2) is 0 Å². The predicted molar refractivity (Wildman–Crippen MR) is 64.9 cm³/mol. The first kappa shape index (κ1) is 12.8. The number of hydrogen-bond donors (Lipinski definition) is 1. The van der Waals surface area contributed by atoms with Crippen LogP contribution in [0.2, 0.25) is 0 Å². The van der Waals surface area contributed by atoms with Crippen molar-refractivity contribution in [3.63, 3.8) is 0 Å². The predicted octanol–water partition coefficient (Wildman–Crippen LogP) is 3.71. The Morgan fingerprint density at radius 2 is 1.79 bits per heavy atom. The van der Waals surface area contributed by atoms with Crippen molar-refractivity contribution in [2.75, 3.05) is 0 Å². The average molecular weight is 191 g/mol. The maximum absolute atomic E-state index is 5.84. The van der Waals surface area contributed by atoms with Gasteiger partial charge in [0.1, 0.15) is 0 Å². The molecule has 0 spiro atoms. The lowest BCUT2D eigenvalue weighted by atomic mass is 10.1. The smallest absolute Gasteiger partial charge is 0.0343 e. The van der Waals surface area contributed by atoms with Gasteiger partial charge in [-0.15, -0.1) is 0 Å². The minimum Gasteiger partial charge on any atom is -0.399 e. The van der Waals surface area contributed by atoms with E-state index in [9.17, 15) is 0 Å². The van der Waals surface area contributed by atoms with Gasteiger partial charge in [-0.05, 0) is 38.8 Å². The Morgan fingerprint density at radius 3 is 2.29 bits per heavy atom. The summed E-state index contributed by atoms with van der Waals surface area (Å²) in [5, 5.41) is 0. The van der Waals surface area contributed by atoms with E-state index in [-0.39, 0.29) is 0 Å². The van der Waals surface area contributed by atoms with Gasteiger partial charge in [0.25, 0.3) is 0 Å². The monoisotopic (exact) mass is 191 g/mol. The van der Waals surface area contributed by atoms with Crippen LogP contribution >= 0.6 is 0 Å². The third kappa shape index (κ3) is 5.41. The summed E-state index contributed by atoms with van der Waals surface area (Å²) < 4.78 is 0. The number of rotatable bonds is 4. The van der Waals surface area contributed by atoms with Crippen molar-refractivity contribution in [3.05, 3.63) is 47.2 Å². The van der Waals surface area contributed by atoms with Crippen molar-refractivity contribution in [3.8, 4) is 0 Å². The Bertz CT molecular complexity index is 278. The largest absolute Gasteiger partial charge is 0.399 e. The second kappa shape index (κ2) is 7.19. The molecule has 0 aliphatic heterocycles. The summed E-state index contributed by atoms with van der Waals surface area (Å²) in [7, 11) is 0. The number of hydrogen-bond acceptors (Lipinski definition) is 1. The van der Waals surface area contributed by atoms with Crippen molar-refractivity contribution < 1.29 is 0 Å². The highest BCUT2D eigenvalue weighted by atomic mass is 14.6. The first-order valence-corrected chi connectivity index (χ1v) is 5.04. The summed E-state index contributed by atoms with van der Waals surface area (Å²) in [6.45, 7) is 8.27. The second-order valence-corrected chi connectivity index (χ2v) is 3.36. The van der Waals surface area contributed by atoms with Gasteiger partial charge in [-0.25, -0.2) is 0 Å². The van der Waals surface area contributed by atoms with Crippen LogP contribution < -0.4 is 5.73 Å². The summed E-state index contributed by atoms with van der Waals surface area (Å²) in [5.41, 5.74) is 9.14. The molecule has 0 bridgehead atoms. The molecule has 0 rings (SSSR count). The minimum atomic E-state index is 0.822. The zero-order valence-corrected chi connectivity index (χ0v) is 9.67. The standard InChI is InChI=1S/C13H21N/c1-5-7-8-13(14)12(4)10-9-11(3)6-2/h5,7-10H,6,14H2,1-4H3/b7-5-,11-9-,12-10+,13-8-. The van der Waals surface area contributed by atoms with Gasteiger partial charge in [0.2, 0.25) is 0 Å². The molecule has 0 aromatic carbocycles. The lowest BCUT2D eigenvalue weighted by Crippen LogP contribution is -1.97. The third-order valence-corrected chi connectivity index (χ3v) is 2.10. The van der Waals surface area contributed by atoms with E-state index in [1.807, 2.05) is 32.1 Å². The number of allylic oxidation sites excluding steroid dienone is 7. The first-order valence-electron chi connectivity index (χ1n) is 5.04. The molecule has 1 heteroatoms. The number of nitrogens with two attached hydrogens (primary N) is 1. The van der Waals surface area contributed by atoms with Crippen LogP contribution in [0.1, 0.15) is 34.1 Å². The van der Waals surface area contributed by atoms with E-state index in [0.29, 0.717) is 0 Å². The normalized spacial score (nSPS) is 15.3. The highest BCUT2D eigenvalue weighted by Gasteiger charge is 1.90. The summed E-state index contributed by atoms with van der Waals surface area (Å²) in [6.07, 6.45) is 11.1. The maximum Gasteiger partial charge on any atom is 0.0343 e. The molecule has 2 N–H and O–H groups in total. The van der Waals surface area contributed by atoms with Crippen molar-refractivity contribution in [2.24, 2.45) is 5.73 Å². The Hall–Kier alpha value is -1.24. The van der Waals surface area contributed by atoms with Gasteiger partial charge >= 0.3 is 0 Å². The zero-order valence-electron chi connectivity index (χ0n) is 9.67. The van der Waals surface area contributed by atoms with Crippen molar-refractivity contribution in [2.45, 2.75) is 34.1 Å². The van der Waals surface area contributed by atoms with E-state index in [4.69, 9.17) is 5.73 Å². The molecule has 0 aliphatic carbocycles. The van der Waals surface area contributed by atoms with Crippen molar-refractivity contribution in [1.29, 1.82) is 0 Å². The maximum atomic E-state index is 5.84. The molecule has 0 fully saturated rings. The molecule has 0 aromatic heterocycles. The van der Waals surface area contributed by atoms with Crippen LogP contribution in [0.25, 0.3) is 0 Å². The molecular weight excluding hydrogens is 170 g/mol. The molecule has 14 heavy (non-hydrogen) atoms. The highest BCUT2D eigenvalue weighted by molar-refractivity contribution is 5.32. The van der Waals surface area contributed by atoms with Crippen LogP contribution in [0.5, 0.6) is 0 Å². The lowest BCUT2D eigenvalue weighted by molar-refractivity contribution is 1.10. The molecule has 0 aliphatic rings. The van der Waals surface area contributed by atoms with Crippen LogP contribution in [-0.2, 0) is 0 Å². The summed E-state index contributed by atoms with van der Waals surface area (Å²) in [5.74, 6) is 0. The molecule has 0 heterocycles. The molecule has 0 unspecified atom stereocenters. The SMILES string of the molecule is C\C=C/C=C(N)/C(C)=C/C=C(/C)CC. The van der Waals surface area contributed by atoms with Gasteiger partial charge in [0, 0.05) is 5.70 Å². The van der Waals surface area contributed by atoms with Crippen LogP contribution in [0.15, 0.2) is 47.2 Å². The van der Waals surface area contributed by atoms with E-state index >= 15 is 0 Å². The van der Waals surface area contributed by atoms with E-state index in [0.717, 1.165) is 17.7 Å². The van der Waals surface area contributed by atoms with Gasteiger partial charge < -0.3 is 5.73 Å². The average Bonchev–Trinajstić information content (AvgIpc) is 2.21. The van der Waals surface area contributed by atoms with E-state index < -0.39 is 0 Å². The van der Waals surface area contributed by atoms with E-state index in [1.165, 1.54) is 5.57 Å². The fourth-order valence-electron chi connectivity index (χ4n) is 0.813. The topological polar surface area (TPSA) is 26.0 Å². The molecule has 0 saturated carbocycles. The van der Waals surface area contributed by atoms with Gasteiger partial charge in [0.05, 0.1) is 0 Å². The minimum absolute atomic E-state index is 0.822. The molecule has 1 nitrogen and oxygen atoms in total. The molecule has 0 aromatic rings. The van der Waals surface area contributed by atoms with Gasteiger partial charge in [-0.3, -0.25) is 0 Å². The van der Waals surface area contributed by atoms with Gasteiger partial charge in [-0.2, -0.15) is 0 Å². The Morgan fingerprint density at radius 1 is 1.14 bits per heavy atom. The molecular formula is C13H21N. The molecule has 0 amide bonds. The molecule has 78 valence electrons. The first-order chi connectivity index (χ1) is 6.61. The second-order valence-electron chi connectivity index (χ2n) is 3.36. The quantitative estimate of drug-likeness (QED) is 0.673. The summed E-state index contributed by atoms with van der Waals surface area (Å²) >= 11 is 0. The Labute approximate surface area is 87.7 Å². The highest BCUT2D eigenvalue weighted by Crippen LogP contribution is 2.05. The summed E-state index contributed by atoms with van der Waals surface area (Å²) in [4.78, 5) is 0.